The highest BCUT2D eigenvalue weighted by Gasteiger charge is 2.19. The molecule has 3 N–H and O–H groups in total. The van der Waals surface area contributed by atoms with E-state index in [0.29, 0.717) is 12.3 Å². The Morgan fingerprint density at radius 2 is 2.00 bits per heavy atom. The van der Waals surface area contributed by atoms with Crippen LogP contribution < -0.4 is 11.1 Å². The molecule has 0 radical (unpaired) electrons. The monoisotopic (exact) mass is 190 g/mol. The molecule has 0 saturated carbocycles. The second-order valence-electron chi connectivity index (χ2n) is 3.71. The fourth-order valence-electron chi connectivity index (χ4n) is 1.84. The van der Waals surface area contributed by atoms with Crippen molar-refractivity contribution in [3.8, 4) is 0 Å². The molecule has 1 aromatic rings. The lowest BCUT2D eigenvalue weighted by molar-refractivity contribution is -0.122. The third kappa shape index (κ3) is 1.87. The van der Waals surface area contributed by atoms with E-state index in [1.54, 1.807) is 0 Å². The van der Waals surface area contributed by atoms with Gasteiger partial charge in [0.25, 0.3) is 0 Å². The number of anilines is 1. The summed E-state index contributed by atoms with van der Waals surface area (Å²) >= 11 is 0. The average molecular weight is 190 g/mol. The molecule has 0 aromatic heterocycles. The highest BCUT2D eigenvalue weighted by molar-refractivity contribution is 5.77. The van der Waals surface area contributed by atoms with Crippen LogP contribution in [-0.2, 0) is 4.79 Å². The standard InChI is InChI=1S/C11H14N2O/c12-10-3-1-8(2-4-10)9-5-6-13-11(14)7-9/h1-4,9H,5-7,12H2,(H,13,14)/t9-/m0/s1. The van der Waals surface area contributed by atoms with Gasteiger partial charge in [-0.3, -0.25) is 4.79 Å². The molecule has 0 unspecified atom stereocenters. The minimum Gasteiger partial charge on any atom is -0.399 e. The lowest BCUT2D eigenvalue weighted by Crippen LogP contribution is -2.32. The molecule has 0 aliphatic carbocycles. The predicted molar refractivity (Wildman–Crippen MR) is 55.8 cm³/mol. The Morgan fingerprint density at radius 1 is 1.29 bits per heavy atom. The van der Waals surface area contributed by atoms with Crippen molar-refractivity contribution in [2.45, 2.75) is 18.8 Å². The first kappa shape index (κ1) is 9.06. The first-order chi connectivity index (χ1) is 6.75. The molecular weight excluding hydrogens is 176 g/mol. The SMILES string of the molecule is Nc1ccc([C@H]2CCNC(=O)C2)cc1. The topological polar surface area (TPSA) is 55.1 Å². The van der Waals surface area contributed by atoms with Crippen molar-refractivity contribution in [1.82, 2.24) is 5.32 Å². The van der Waals surface area contributed by atoms with Gasteiger partial charge in [-0.2, -0.15) is 0 Å². The Bertz CT molecular complexity index is 332. The Kier molecular flexibility index (Phi) is 2.39. The fourth-order valence-corrected chi connectivity index (χ4v) is 1.84. The molecule has 0 bridgehead atoms. The van der Waals surface area contributed by atoms with E-state index in [9.17, 15) is 4.79 Å². The molecule has 74 valence electrons. The molecule has 1 atom stereocenters. The molecular formula is C11H14N2O. The number of carbonyl (C=O) groups excluding carboxylic acids is 1. The van der Waals surface area contributed by atoms with E-state index in [1.807, 2.05) is 24.3 Å². The Labute approximate surface area is 83.3 Å². The van der Waals surface area contributed by atoms with Crippen LogP contribution in [0.25, 0.3) is 0 Å². The number of piperidine rings is 1. The Morgan fingerprint density at radius 3 is 2.64 bits per heavy atom. The number of hydrogen-bond donors (Lipinski definition) is 2. The van der Waals surface area contributed by atoms with E-state index in [-0.39, 0.29) is 5.91 Å². The predicted octanol–water partition coefficient (Wildman–Crippen LogP) is 1.26. The molecule has 1 fully saturated rings. The van der Waals surface area contributed by atoms with E-state index in [2.05, 4.69) is 5.32 Å². The third-order valence-corrected chi connectivity index (χ3v) is 2.65. The zero-order valence-electron chi connectivity index (χ0n) is 7.99. The van der Waals surface area contributed by atoms with E-state index < -0.39 is 0 Å². The van der Waals surface area contributed by atoms with Crippen LogP contribution in [0.4, 0.5) is 5.69 Å². The van der Waals surface area contributed by atoms with Gasteiger partial charge in [0.15, 0.2) is 0 Å². The first-order valence-electron chi connectivity index (χ1n) is 4.88. The molecule has 2 rings (SSSR count). The summed E-state index contributed by atoms with van der Waals surface area (Å²) in [5, 5.41) is 2.83. The number of carbonyl (C=O) groups is 1. The maximum atomic E-state index is 11.2. The first-order valence-corrected chi connectivity index (χ1v) is 4.88. The van der Waals surface area contributed by atoms with Gasteiger partial charge in [-0.15, -0.1) is 0 Å². The number of nitrogens with one attached hydrogen (secondary N) is 1. The van der Waals surface area contributed by atoms with Crippen molar-refractivity contribution < 1.29 is 4.79 Å². The van der Waals surface area contributed by atoms with E-state index in [1.165, 1.54) is 5.56 Å². The van der Waals surface area contributed by atoms with Crippen LogP contribution in [0.5, 0.6) is 0 Å². The summed E-state index contributed by atoms with van der Waals surface area (Å²) in [5.74, 6) is 0.516. The summed E-state index contributed by atoms with van der Waals surface area (Å²) in [6, 6.07) is 7.81. The van der Waals surface area contributed by atoms with Gasteiger partial charge in [0.2, 0.25) is 5.91 Å². The molecule has 1 aliphatic rings. The van der Waals surface area contributed by atoms with Crippen molar-refractivity contribution >= 4 is 11.6 Å². The normalized spacial score (nSPS) is 21.7. The minimum absolute atomic E-state index is 0.151. The highest BCUT2D eigenvalue weighted by Crippen LogP contribution is 2.25. The van der Waals surface area contributed by atoms with Crippen LogP contribution in [0.15, 0.2) is 24.3 Å². The van der Waals surface area contributed by atoms with Gasteiger partial charge in [-0.25, -0.2) is 0 Å². The van der Waals surface area contributed by atoms with Crippen molar-refractivity contribution in [2.75, 3.05) is 12.3 Å². The molecule has 1 saturated heterocycles. The van der Waals surface area contributed by atoms with Gasteiger partial charge in [-0.1, -0.05) is 12.1 Å². The second kappa shape index (κ2) is 3.70. The molecule has 1 aliphatic heterocycles. The molecule has 14 heavy (non-hydrogen) atoms. The number of rotatable bonds is 1. The lowest BCUT2D eigenvalue weighted by Gasteiger charge is -2.22. The maximum absolute atomic E-state index is 11.2. The quantitative estimate of drug-likeness (QED) is 0.655. The largest absolute Gasteiger partial charge is 0.399 e. The van der Waals surface area contributed by atoms with Gasteiger partial charge < -0.3 is 11.1 Å². The van der Waals surface area contributed by atoms with Crippen molar-refractivity contribution in [3.05, 3.63) is 29.8 Å². The van der Waals surface area contributed by atoms with Gasteiger partial charge >= 0.3 is 0 Å². The van der Waals surface area contributed by atoms with Crippen molar-refractivity contribution in [2.24, 2.45) is 0 Å². The minimum atomic E-state index is 0.151. The summed E-state index contributed by atoms with van der Waals surface area (Å²) < 4.78 is 0. The third-order valence-electron chi connectivity index (χ3n) is 2.65. The Hall–Kier alpha value is -1.51. The number of nitrogens with two attached hydrogens (primary N) is 1. The molecule has 3 nitrogen and oxygen atoms in total. The number of nitrogen functional groups attached to an aromatic ring is 1. The highest BCUT2D eigenvalue weighted by atomic mass is 16.1. The van der Waals surface area contributed by atoms with E-state index in [4.69, 9.17) is 5.73 Å². The maximum Gasteiger partial charge on any atom is 0.220 e. The van der Waals surface area contributed by atoms with Gasteiger partial charge in [0.1, 0.15) is 0 Å². The fraction of sp³-hybridized carbons (Fsp3) is 0.364. The van der Waals surface area contributed by atoms with Crippen LogP contribution in [-0.4, -0.2) is 12.5 Å². The zero-order valence-corrected chi connectivity index (χ0v) is 7.99. The number of hydrogen-bond acceptors (Lipinski definition) is 2. The van der Waals surface area contributed by atoms with E-state index >= 15 is 0 Å². The molecule has 1 heterocycles. The van der Waals surface area contributed by atoms with Crippen LogP contribution in [0.2, 0.25) is 0 Å². The lowest BCUT2D eigenvalue weighted by atomic mass is 9.90. The van der Waals surface area contributed by atoms with Crippen LogP contribution in [0.1, 0.15) is 24.3 Å². The van der Waals surface area contributed by atoms with Crippen molar-refractivity contribution in [3.63, 3.8) is 0 Å². The summed E-state index contributed by atoms with van der Waals surface area (Å²) in [5.41, 5.74) is 7.59. The number of amides is 1. The summed E-state index contributed by atoms with van der Waals surface area (Å²) in [7, 11) is 0. The van der Waals surface area contributed by atoms with Crippen LogP contribution in [0.3, 0.4) is 0 Å². The van der Waals surface area contributed by atoms with Gasteiger partial charge in [0.05, 0.1) is 0 Å². The van der Waals surface area contributed by atoms with Crippen LogP contribution >= 0.6 is 0 Å². The van der Waals surface area contributed by atoms with Gasteiger partial charge in [0, 0.05) is 18.7 Å². The number of benzene rings is 1. The average Bonchev–Trinajstić information content (AvgIpc) is 2.19. The zero-order chi connectivity index (χ0) is 9.97. The summed E-state index contributed by atoms with van der Waals surface area (Å²) in [4.78, 5) is 11.2. The molecule has 3 heteroatoms. The van der Waals surface area contributed by atoms with Gasteiger partial charge in [-0.05, 0) is 30.0 Å². The smallest absolute Gasteiger partial charge is 0.220 e. The van der Waals surface area contributed by atoms with Crippen LogP contribution in [0, 0.1) is 0 Å². The molecule has 1 aromatic carbocycles. The summed E-state index contributed by atoms with van der Waals surface area (Å²) in [6.45, 7) is 0.786. The molecule has 1 amide bonds. The Balaban J connectivity index is 2.14. The van der Waals surface area contributed by atoms with Crippen molar-refractivity contribution in [1.29, 1.82) is 0 Å². The van der Waals surface area contributed by atoms with E-state index in [0.717, 1.165) is 18.7 Å². The second-order valence-corrected chi connectivity index (χ2v) is 3.71. The molecule has 0 spiro atoms. The summed E-state index contributed by atoms with van der Waals surface area (Å²) in [6.07, 6.45) is 1.62.